The third kappa shape index (κ3) is 1.43. The Bertz CT molecular complexity index is 196. The zero-order valence-corrected chi connectivity index (χ0v) is 7.35. The number of rotatable bonds is 1. The van der Waals surface area contributed by atoms with Crippen LogP contribution in [-0.4, -0.2) is 73.3 Å². The minimum absolute atomic E-state index is 0.965. The lowest BCUT2D eigenvalue weighted by Crippen LogP contribution is -2.74. The highest BCUT2D eigenvalue weighted by Crippen LogP contribution is 2.28. The summed E-state index contributed by atoms with van der Waals surface area (Å²) >= 11 is 0. The van der Waals surface area contributed by atoms with Crippen LogP contribution < -0.4 is 5.73 Å². The van der Waals surface area contributed by atoms with Crippen molar-refractivity contribution in [3.63, 3.8) is 0 Å². The molecule has 1 aliphatic carbocycles. The van der Waals surface area contributed by atoms with E-state index in [0.717, 1.165) is 0 Å². The number of aliphatic hydroxyl groups is 6. The molecule has 14 heavy (non-hydrogen) atoms. The predicted molar refractivity (Wildman–Crippen MR) is 44.0 cm³/mol. The molecular formula is C7H15NO6. The van der Waals surface area contributed by atoms with Gasteiger partial charge in [0.2, 0.25) is 0 Å². The first kappa shape index (κ1) is 11.8. The van der Waals surface area contributed by atoms with E-state index in [-0.39, 0.29) is 0 Å². The molecule has 0 spiro atoms. The van der Waals surface area contributed by atoms with Gasteiger partial charge in [0.25, 0.3) is 0 Å². The minimum atomic E-state index is -2.31. The molecule has 0 aromatic rings. The lowest BCUT2D eigenvalue weighted by molar-refractivity contribution is -0.248. The van der Waals surface area contributed by atoms with Gasteiger partial charge >= 0.3 is 0 Å². The average molecular weight is 209 g/mol. The fourth-order valence-corrected chi connectivity index (χ4v) is 1.59. The maximum atomic E-state index is 9.57. The number of hydrogen-bond donors (Lipinski definition) is 7. The number of hydrogen-bond acceptors (Lipinski definition) is 7. The Labute approximate surface area is 80.0 Å². The van der Waals surface area contributed by atoms with Crippen LogP contribution >= 0.6 is 0 Å². The predicted octanol–water partition coefficient (Wildman–Crippen LogP) is -4.51. The van der Waals surface area contributed by atoms with Gasteiger partial charge in [-0.25, -0.2) is 0 Å². The fourth-order valence-electron chi connectivity index (χ4n) is 1.59. The number of nitrogens with two attached hydrogens (primary N) is 1. The van der Waals surface area contributed by atoms with Crippen LogP contribution in [0.15, 0.2) is 0 Å². The maximum Gasteiger partial charge on any atom is 0.143 e. The summed E-state index contributed by atoms with van der Waals surface area (Å²) in [4.78, 5) is 0. The molecule has 0 aromatic carbocycles. The van der Waals surface area contributed by atoms with Crippen molar-refractivity contribution in [2.45, 2.75) is 36.1 Å². The lowest BCUT2D eigenvalue weighted by Gasteiger charge is -2.47. The molecule has 1 fully saturated rings. The topological polar surface area (TPSA) is 147 Å². The van der Waals surface area contributed by atoms with Crippen molar-refractivity contribution in [1.29, 1.82) is 0 Å². The van der Waals surface area contributed by atoms with Crippen LogP contribution in [0, 0.1) is 0 Å². The lowest BCUT2D eigenvalue weighted by atomic mass is 9.74. The van der Waals surface area contributed by atoms with Gasteiger partial charge in [-0.2, -0.15) is 0 Å². The normalized spacial score (nSPS) is 54.6. The van der Waals surface area contributed by atoms with Crippen molar-refractivity contribution >= 4 is 0 Å². The maximum absolute atomic E-state index is 9.57. The van der Waals surface area contributed by atoms with Crippen molar-refractivity contribution in [2.24, 2.45) is 5.73 Å². The summed E-state index contributed by atoms with van der Waals surface area (Å²) in [5, 5.41) is 55.5. The summed E-state index contributed by atoms with van der Waals surface area (Å²) in [5.74, 6) is 0. The van der Waals surface area contributed by atoms with Gasteiger partial charge in [-0.15, -0.1) is 0 Å². The molecule has 84 valence electrons. The van der Waals surface area contributed by atoms with E-state index in [2.05, 4.69) is 0 Å². The quantitative estimate of drug-likeness (QED) is 0.230. The van der Waals surface area contributed by atoms with Crippen LogP contribution in [0.2, 0.25) is 0 Å². The summed E-state index contributed by atoms with van der Waals surface area (Å²) in [6, 6.07) is -1.33. The monoisotopic (exact) mass is 209 g/mol. The molecular weight excluding hydrogens is 194 g/mol. The Hall–Kier alpha value is -0.280. The summed E-state index contributed by atoms with van der Waals surface area (Å²) in [7, 11) is 0. The van der Waals surface area contributed by atoms with Gasteiger partial charge in [0, 0.05) is 0 Å². The molecule has 7 heteroatoms. The van der Waals surface area contributed by atoms with E-state index in [1.807, 2.05) is 0 Å². The third-order valence-electron chi connectivity index (χ3n) is 2.71. The van der Waals surface area contributed by atoms with Gasteiger partial charge in [0.15, 0.2) is 0 Å². The van der Waals surface area contributed by atoms with Crippen molar-refractivity contribution in [1.82, 2.24) is 0 Å². The zero-order valence-electron chi connectivity index (χ0n) is 7.35. The van der Waals surface area contributed by atoms with Crippen molar-refractivity contribution in [3.05, 3.63) is 0 Å². The molecule has 8 N–H and O–H groups in total. The Morgan fingerprint density at radius 3 is 1.93 bits per heavy atom. The van der Waals surface area contributed by atoms with E-state index in [9.17, 15) is 25.5 Å². The summed E-state index contributed by atoms with van der Waals surface area (Å²) < 4.78 is 0. The van der Waals surface area contributed by atoms with Gasteiger partial charge in [0.1, 0.15) is 30.0 Å². The van der Waals surface area contributed by atoms with Crippen molar-refractivity contribution < 1.29 is 30.6 Å². The molecule has 0 amide bonds. The van der Waals surface area contributed by atoms with Gasteiger partial charge in [-0.3, -0.25) is 0 Å². The van der Waals surface area contributed by atoms with Crippen LogP contribution in [0.25, 0.3) is 0 Å². The molecule has 1 saturated carbocycles. The van der Waals surface area contributed by atoms with Crippen LogP contribution in [0.4, 0.5) is 0 Å². The zero-order chi connectivity index (χ0) is 11.1. The molecule has 0 saturated heterocycles. The molecule has 0 bridgehead atoms. The molecule has 0 unspecified atom stereocenters. The fraction of sp³-hybridized carbons (Fsp3) is 1.00. The highest BCUT2D eigenvalue weighted by molar-refractivity contribution is 5.09. The van der Waals surface area contributed by atoms with E-state index in [1.165, 1.54) is 0 Å². The van der Waals surface area contributed by atoms with Gasteiger partial charge < -0.3 is 36.4 Å². The SMILES string of the molecule is N[C@H]1[C@@H](O)[C@@H](O)[C@@H](O)[C@@](O)(CO)[C@@H]1O. The van der Waals surface area contributed by atoms with Crippen LogP contribution in [0.5, 0.6) is 0 Å². The van der Waals surface area contributed by atoms with E-state index >= 15 is 0 Å². The van der Waals surface area contributed by atoms with Gasteiger partial charge in [0.05, 0.1) is 12.6 Å². The first-order valence-electron chi connectivity index (χ1n) is 4.17. The van der Waals surface area contributed by atoms with E-state index < -0.39 is 42.7 Å². The Morgan fingerprint density at radius 1 is 1.00 bits per heavy atom. The molecule has 0 radical (unpaired) electrons. The van der Waals surface area contributed by atoms with Crippen molar-refractivity contribution in [2.75, 3.05) is 6.61 Å². The van der Waals surface area contributed by atoms with E-state index in [0.29, 0.717) is 0 Å². The minimum Gasteiger partial charge on any atom is -0.393 e. The second-order valence-corrected chi connectivity index (χ2v) is 3.60. The third-order valence-corrected chi connectivity index (χ3v) is 2.71. The molecule has 0 aromatic heterocycles. The van der Waals surface area contributed by atoms with Crippen LogP contribution in [0.3, 0.4) is 0 Å². The summed E-state index contributed by atoms with van der Waals surface area (Å²) in [6.07, 6.45) is -6.81. The molecule has 6 atom stereocenters. The van der Waals surface area contributed by atoms with Crippen LogP contribution in [-0.2, 0) is 0 Å². The molecule has 0 aliphatic heterocycles. The second-order valence-electron chi connectivity index (χ2n) is 3.60. The second kappa shape index (κ2) is 3.70. The Morgan fingerprint density at radius 2 is 1.50 bits per heavy atom. The highest BCUT2D eigenvalue weighted by Gasteiger charge is 2.56. The van der Waals surface area contributed by atoms with E-state index in [4.69, 9.17) is 10.8 Å². The van der Waals surface area contributed by atoms with Gasteiger partial charge in [-0.05, 0) is 0 Å². The van der Waals surface area contributed by atoms with Crippen molar-refractivity contribution in [3.8, 4) is 0 Å². The number of aliphatic hydroxyl groups excluding tert-OH is 5. The van der Waals surface area contributed by atoms with Gasteiger partial charge in [-0.1, -0.05) is 0 Å². The van der Waals surface area contributed by atoms with E-state index in [1.54, 1.807) is 0 Å². The molecule has 0 heterocycles. The smallest absolute Gasteiger partial charge is 0.143 e. The Balaban J connectivity index is 2.98. The molecule has 1 rings (SSSR count). The first-order valence-corrected chi connectivity index (χ1v) is 4.17. The molecule has 1 aliphatic rings. The highest BCUT2D eigenvalue weighted by atomic mass is 16.4. The summed E-state index contributed by atoms with van der Waals surface area (Å²) in [5.41, 5.74) is 2.98. The largest absolute Gasteiger partial charge is 0.393 e. The average Bonchev–Trinajstić information content (AvgIpc) is 2.21. The first-order chi connectivity index (χ1) is 6.36. The van der Waals surface area contributed by atoms with Crippen LogP contribution in [0.1, 0.15) is 0 Å². The Kier molecular flexibility index (Phi) is 3.12. The standard InChI is InChI=1S/C7H15NO6/c8-2-3(10)4(11)6(13)7(14,1-9)5(2)12/h2-6,9-14H,1,8H2/t2-,3+,4+,5+,6+,7+/m0/s1. The molecule has 7 nitrogen and oxygen atoms in total. The summed E-state index contributed by atoms with van der Waals surface area (Å²) in [6.45, 7) is -0.965.